The summed E-state index contributed by atoms with van der Waals surface area (Å²) in [6.45, 7) is 0.00209. The maximum absolute atomic E-state index is 11.7. The third-order valence-corrected chi connectivity index (χ3v) is 1.85. The van der Waals surface area contributed by atoms with E-state index in [2.05, 4.69) is 4.74 Å². The topological polar surface area (TPSA) is 63.6 Å². The first-order valence-corrected chi connectivity index (χ1v) is 5.18. The lowest BCUT2D eigenvalue weighted by Crippen LogP contribution is -2.07. The lowest BCUT2D eigenvalue weighted by atomic mass is 10.2. The first-order valence-electron chi connectivity index (χ1n) is 5.18. The molecular weight excluding hydrogens is 222 g/mol. The zero-order chi connectivity index (χ0) is 12.4. The van der Waals surface area contributed by atoms with E-state index >= 15 is 0 Å². The van der Waals surface area contributed by atoms with Crippen LogP contribution in [0.3, 0.4) is 0 Å². The van der Waals surface area contributed by atoms with Crippen molar-refractivity contribution in [3.8, 4) is 0 Å². The maximum Gasteiger partial charge on any atom is 0.305 e. The highest BCUT2D eigenvalue weighted by atomic mass is 19.3. The monoisotopic (exact) mass is 238 g/mol. The van der Waals surface area contributed by atoms with Crippen LogP contribution in [0.2, 0.25) is 0 Å². The number of carbonyl (C=O) groups is 2. The van der Waals surface area contributed by atoms with Crippen molar-refractivity contribution in [1.82, 2.24) is 0 Å². The summed E-state index contributed by atoms with van der Waals surface area (Å²) in [5.41, 5.74) is 0. The number of rotatable bonds is 9. The van der Waals surface area contributed by atoms with Crippen molar-refractivity contribution in [2.24, 2.45) is 0 Å². The molecule has 0 saturated carbocycles. The van der Waals surface area contributed by atoms with Gasteiger partial charge in [-0.15, -0.1) is 0 Å². The molecule has 0 spiro atoms. The molecule has 0 aromatic rings. The predicted octanol–water partition coefficient (Wildman–Crippen LogP) is 2.22. The van der Waals surface area contributed by atoms with Crippen LogP contribution in [0, 0.1) is 0 Å². The molecular formula is C10H16F2O4. The molecule has 0 amide bonds. The van der Waals surface area contributed by atoms with Gasteiger partial charge in [-0.3, -0.25) is 9.59 Å². The average Bonchev–Trinajstić information content (AvgIpc) is 2.19. The van der Waals surface area contributed by atoms with Gasteiger partial charge in [-0.25, -0.2) is 8.78 Å². The molecule has 0 fully saturated rings. The fourth-order valence-corrected chi connectivity index (χ4v) is 1.04. The van der Waals surface area contributed by atoms with E-state index in [1.54, 1.807) is 0 Å². The second kappa shape index (κ2) is 9.06. The van der Waals surface area contributed by atoms with Gasteiger partial charge in [-0.2, -0.15) is 0 Å². The van der Waals surface area contributed by atoms with Crippen LogP contribution in [0.1, 0.15) is 38.5 Å². The van der Waals surface area contributed by atoms with Crippen LogP contribution in [-0.4, -0.2) is 30.1 Å². The molecule has 0 atom stereocenters. The summed E-state index contributed by atoms with van der Waals surface area (Å²) in [4.78, 5) is 21.1. The highest BCUT2D eigenvalue weighted by molar-refractivity contribution is 5.69. The van der Waals surface area contributed by atoms with Crippen molar-refractivity contribution in [2.75, 3.05) is 6.61 Å². The molecule has 1 N–H and O–H groups in total. The van der Waals surface area contributed by atoms with Crippen molar-refractivity contribution < 1.29 is 28.2 Å². The Morgan fingerprint density at radius 3 is 2.31 bits per heavy atom. The molecule has 0 radical (unpaired) electrons. The van der Waals surface area contributed by atoms with E-state index in [1.165, 1.54) is 0 Å². The lowest BCUT2D eigenvalue weighted by Gasteiger charge is -2.03. The number of carboxylic acids is 1. The van der Waals surface area contributed by atoms with Gasteiger partial charge in [-0.1, -0.05) is 0 Å². The van der Waals surface area contributed by atoms with Crippen LogP contribution in [0.15, 0.2) is 0 Å². The van der Waals surface area contributed by atoms with Crippen LogP contribution in [-0.2, 0) is 14.3 Å². The largest absolute Gasteiger partial charge is 0.481 e. The number of hydrogen-bond donors (Lipinski definition) is 1. The smallest absolute Gasteiger partial charge is 0.305 e. The number of esters is 1. The van der Waals surface area contributed by atoms with E-state index < -0.39 is 18.4 Å². The zero-order valence-corrected chi connectivity index (χ0v) is 8.95. The Bertz CT molecular complexity index is 219. The van der Waals surface area contributed by atoms with Crippen molar-refractivity contribution in [3.63, 3.8) is 0 Å². The number of aliphatic carboxylic acids is 1. The number of unbranched alkanes of at least 4 members (excludes halogenated alkanes) is 1. The number of alkyl halides is 2. The van der Waals surface area contributed by atoms with Crippen LogP contribution in [0.25, 0.3) is 0 Å². The summed E-state index contributed by atoms with van der Waals surface area (Å²) in [6, 6.07) is 0. The van der Waals surface area contributed by atoms with Crippen molar-refractivity contribution >= 4 is 11.9 Å². The molecule has 0 aromatic heterocycles. The molecule has 6 heteroatoms. The molecule has 0 bridgehead atoms. The van der Waals surface area contributed by atoms with Gasteiger partial charge in [-0.05, 0) is 19.3 Å². The van der Waals surface area contributed by atoms with Crippen molar-refractivity contribution in [1.29, 1.82) is 0 Å². The number of ether oxygens (including phenoxy) is 1. The van der Waals surface area contributed by atoms with E-state index in [0.29, 0.717) is 12.8 Å². The quantitative estimate of drug-likeness (QED) is 0.494. The molecule has 0 heterocycles. The molecule has 94 valence electrons. The summed E-state index contributed by atoms with van der Waals surface area (Å²) in [6.07, 6.45) is -1.46. The second-order valence-corrected chi connectivity index (χ2v) is 3.35. The Morgan fingerprint density at radius 2 is 1.75 bits per heavy atom. The molecule has 0 unspecified atom stereocenters. The molecule has 0 aliphatic carbocycles. The number of hydrogen-bond acceptors (Lipinski definition) is 3. The minimum absolute atomic E-state index is 0.00209. The fourth-order valence-electron chi connectivity index (χ4n) is 1.04. The molecule has 0 saturated heterocycles. The average molecular weight is 238 g/mol. The fraction of sp³-hybridized carbons (Fsp3) is 0.800. The molecule has 16 heavy (non-hydrogen) atoms. The Labute approximate surface area is 92.6 Å². The highest BCUT2D eigenvalue weighted by Crippen LogP contribution is 2.05. The molecule has 0 aliphatic heterocycles. The van der Waals surface area contributed by atoms with Gasteiger partial charge >= 0.3 is 11.9 Å². The molecule has 0 aromatic carbocycles. The Morgan fingerprint density at radius 1 is 1.12 bits per heavy atom. The summed E-state index contributed by atoms with van der Waals surface area (Å²) in [5, 5.41) is 8.32. The van der Waals surface area contributed by atoms with Gasteiger partial charge in [0.2, 0.25) is 6.43 Å². The number of carboxylic acid groups (broad SMARTS) is 1. The SMILES string of the molecule is O=C(O)CCCCC(=O)OCCCC(F)F. The predicted molar refractivity (Wildman–Crippen MR) is 52.3 cm³/mol. The Kier molecular flexibility index (Phi) is 8.38. The minimum atomic E-state index is -2.37. The van der Waals surface area contributed by atoms with Gasteiger partial charge in [0.15, 0.2) is 0 Å². The Balaban J connectivity index is 3.28. The lowest BCUT2D eigenvalue weighted by molar-refractivity contribution is -0.144. The summed E-state index contributed by atoms with van der Waals surface area (Å²) >= 11 is 0. The normalized spacial score (nSPS) is 10.4. The summed E-state index contributed by atoms with van der Waals surface area (Å²) in [7, 11) is 0. The number of halogens is 2. The number of carbonyl (C=O) groups excluding carboxylic acids is 1. The summed E-state index contributed by atoms with van der Waals surface area (Å²) < 4.78 is 28.1. The standard InChI is InChI=1S/C10H16F2O4/c11-8(12)4-3-7-16-10(15)6-2-1-5-9(13)14/h8H,1-7H2,(H,13,14). The summed E-state index contributed by atoms with van der Waals surface area (Å²) in [5.74, 6) is -1.36. The van der Waals surface area contributed by atoms with E-state index in [9.17, 15) is 18.4 Å². The molecule has 4 nitrogen and oxygen atoms in total. The van der Waals surface area contributed by atoms with E-state index in [1.807, 2.05) is 0 Å². The second-order valence-electron chi connectivity index (χ2n) is 3.35. The van der Waals surface area contributed by atoms with Crippen LogP contribution in [0.4, 0.5) is 8.78 Å². The van der Waals surface area contributed by atoms with Gasteiger partial charge in [0, 0.05) is 19.3 Å². The van der Waals surface area contributed by atoms with Crippen molar-refractivity contribution in [2.45, 2.75) is 45.0 Å². The van der Waals surface area contributed by atoms with Crippen LogP contribution < -0.4 is 0 Å². The van der Waals surface area contributed by atoms with E-state index in [4.69, 9.17) is 5.11 Å². The van der Waals surface area contributed by atoms with Gasteiger partial charge in [0.25, 0.3) is 0 Å². The maximum atomic E-state index is 11.7. The van der Waals surface area contributed by atoms with Crippen LogP contribution in [0.5, 0.6) is 0 Å². The minimum Gasteiger partial charge on any atom is -0.481 e. The van der Waals surface area contributed by atoms with Gasteiger partial charge in [0.05, 0.1) is 6.61 Å². The van der Waals surface area contributed by atoms with E-state index in [0.717, 1.165) is 0 Å². The molecule has 0 aliphatic rings. The van der Waals surface area contributed by atoms with Gasteiger partial charge in [0.1, 0.15) is 0 Å². The zero-order valence-electron chi connectivity index (χ0n) is 8.95. The first kappa shape index (κ1) is 14.8. The molecule has 0 rings (SSSR count). The first-order chi connectivity index (χ1) is 7.52. The third kappa shape index (κ3) is 10.9. The van der Waals surface area contributed by atoms with Gasteiger partial charge < -0.3 is 9.84 Å². The van der Waals surface area contributed by atoms with E-state index in [-0.39, 0.29) is 32.3 Å². The highest BCUT2D eigenvalue weighted by Gasteiger charge is 2.05. The van der Waals surface area contributed by atoms with Crippen molar-refractivity contribution in [3.05, 3.63) is 0 Å². The third-order valence-electron chi connectivity index (χ3n) is 1.85. The Hall–Kier alpha value is -1.20. The van der Waals surface area contributed by atoms with Crippen LogP contribution >= 0.6 is 0 Å².